The Morgan fingerprint density at radius 2 is 1.68 bits per heavy atom. The molecule has 0 saturated heterocycles. The molecule has 3 saturated carbocycles. The quantitative estimate of drug-likeness (QED) is 0.756. The third-order valence-corrected chi connectivity index (χ3v) is 6.60. The fourth-order valence-corrected chi connectivity index (χ4v) is 4.47. The van der Waals surface area contributed by atoms with Crippen molar-refractivity contribution in [3.05, 3.63) is 47.3 Å². The third kappa shape index (κ3) is 3.11. The summed E-state index contributed by atoms with van der Waals surface area (Å²) in [7, 11) is 0. The van der Waals surface area contributed by atoms with E-state index in [1.165, 1.54) is 49.7 Å². The highest BCUT2D eigenvalue weighted by molar-refractivity contribution is 7.81. The monoisotopic (exact) mass is 319 g/mol. The second-order valence-electron chi connectivity index (χ2n) is 7.17. The largest absolute Gasteiger partial charge is 0.327 e. The molecule has 22 heavy (non-hydrogen) atoms. The molecular weight excluding hydrogens is 293 g/mol. The van der Waals surface area contributed by atoms with Gasteiger partial charge in [0.05, 0.1) is 6.33 Å². The van der Waals surface area contributed by atoms with Gasteiger partial charge in [0, 0.05) is 11.3 Å². The first-order valence-electron chi connectivity index (χ1n) is 8.39. The summed E-state index contributed by atoms with van der Waals surface area (Å²) in [4.78, 5) is 0. The van der Waals surface area contributed by atoms with Gasteiger partial charge in [0.2, 0.25) is 0 Å². The zero-order chi connectivity index (χ0) is 15.6. The fourth-order valence-electron chi connectivity index (χ4n) is 4.13. The molecule has 0 aromatic heterocycles. The number of nitrogens with two attached hydrogens (primary N) is 1. The van der Waals surface area contributed by atoms with Crippen molar-refractivity contribution >= 4 is 12.6 Å². The number of halogens is 1. The normalized spacial score (nSPS) is 31.5. The smallest absolute Gasteiger partial charge is 0.0871 e. The molecule has 0 spiro atoms. The van der Waals surface area contributed by atoms with Crippen molar-refractivity contribution in [2.24, 2.45) is 5.73 Å². The van der Waals surface area contributed by atoms with Crippen LogP contribution >= 0.6 is 12.6 Å². The van der Waals surface area contributed by atoms with Crippen LogP contribution in [0.25, 0.3) is 0 Å². The summed E-state index contributed by atoms with van der Waals surface area (Å²) in [5.41, 5.74) is 9.34. The van der Waals surface area contributed by atoms with Gasteiger partial charge in [-0.3, -0.25) is 0 Å². The lowest BCUT2D eigenvalue weighted by Gasteiger charge is -2.52. The summed E-state index contributed by atoms with van der Waals surface area (Å²) < 4.78 is 12.9. The summed E-state index contributed by atoms with van der Waals surface area (Å²) >= 11 is 4.87. The Labute approximate surface area is 138 Å². The van der Waals surface area contributed by atoms with Crippen molar-refractivity contribution in [3.63, 3.8) is 0 Å². The first-order chi connectivity index (χ1) is 10.6. The van der Waals surface area contributed by atoms with Gasteiger partial charge in [0.15, 0.2) is 0 Å². The van der Waals surface area contributed by atoms with Crippen LogP contribution in [0.15, 0.2) is 36.2 Å². The van der Waals surface area contributed by atoms with Gasteiger partial charge in [-0.1, -0.05) is 24.3 Å². The second-order valence-corrected chi connectivity index (χ2v) is 8.12. The first-order valence-corrected chi connectivity index (χ1v) is 8.84. The standard InChI is InChI=1S/C19H26FNS/c20-13-16(14-21)2-1-15-3-5-17(6-4-15)18-7-10-19(22,11-8-18)12-9-18/h3-6,13,22H,1-2,7-12,14,21H2/b16-13-. The summed E-state index contributed by atoms with van der Waals surface area (Å²) in [6.07, 6.45) is 9.80. The Balaban J connectivity index is 1.67. The van der Waals surface area contributed by atoms with E-state index < -0.39 is 0 Å². The predicted octanol–water partition coefficient (Wildman–Crippen LogP) is 4.71. The van der Waals surface area contributed by atoms with E-state index in [-0.39, 0.29) is 0 Å². The molecule has 0 radical (unpaired) electrons. The SMILES string of the molecule is NC/C(=C\F)CCc1ccc(C23CCC(S)(CC2)CC3)cc1. The van der Waals surface area contributed by atoms with Crippen LogP contribution < -0.4 is 5.73 Å². The lowest BCUT2D eigenvalue weighted by atomic mass is 9.57. The molecule has 4 rings (SSSR count). The average molecular weight is 319 g/mol. The molecule has 0 unspecified atom stereocenters. The van der Waals surface area contributed by atoms with E-state index >= 15 is 0 Å². The Kier molecular flexibility index (Phi) is 4.65. The topological polar surface area (TPSA) is 26.0 Å². The molecule has 3 heteroatoms. The molecule has 1 aromatic rings. The van der Waals surface area contributed by atoms with Crippen LogP contribution in [-0.4, -0.2) is 11.3 Å². The Morgan fingerprint density at radius 1 is 1.09 bits per heavy atom. The van der Waals surface area contributed by atoms with Gasteiger partial charge in [-0.2, -0.15) is 12.6 Å². The summed E-state index contributed by atoms with van der Waals surface area (Å²) in [6.45, 7) is 0.309. The highest BCUT2D eigenvalue weighted by Gasteiger charge is 2.47. The van der Waals surface area contributed by atoms with Crippen LogP contribution in [0.1, 0.15) is 56.1 Å². The van der Waals surface area contributed by atoms with E-state index in [4.69, 9.17) is 18.4 Å². The molecule has 0 aliphatic heterocycles. The summed E-state index contributed by atoms with van der Waals surface area (Å²) in [5.74, 6) is 0. The van der Waals surface area contributed by atoms with Gasteiger partial charge < -0.3 is 5.73 Å². The van der Waals surface area contributed by atoms with Crippen molar-refractivity contribution in [3.8, 4) is 0 Å². The maximum atomic E-state index is 12.6. The zero-order valence-corrected chi connectivity index (χ0v) is 14.0. The highest BCUT2D eigenvalue weighted by Crippen LogP contribution is 2.55. The number of fused-ring (bicyclic) bond motifs is 3. The molecule has 0 amide bonds. The molecular formula is C19H26FNS. The number of rotatable bonds is 5. The van der Waals surface area contributed by atoms with Crippen LogP contribution in [0.3, 0.4) is 0 Å². The fraction of sp³-hybridized carbons (Fsp3) is 0.579. The van der Waals surface area contributed by atoms with E-state index in [9.17, 15) is 4.39 Å². The molecule has 3 aliphatic carbocycles. The minimum Gasteiger partial charge on any atom is -0.327 e. The van der Waals surface area contributed by atoms with Crippen molar-refractivity contribution in [1.29, 1.82) is 0 Å². The van der Waals surface area contributed by atoms with E-state index in [1.54, 1.807) is 0 Å². The van der Waals surface area contributed by atoms with Crippen LogP contribution in [0.5, 0.6) is 0 Å². The molecule has 0 heterocycles. The highest BCUT2D eigenvalue weighted by atomic mass is 32.1. The Morgan fingerprint density at radius 3 is 2.18 bits per heavy atom. The second kappa shape index (κ2) is 6.37. The van der Waals surface area contributed by atoms with Crippen LogP contribution in [0.2, 0.25) is 0 Å². The maximum Gasteiger partial charge on any atom is 0.0871 e. The summed E-state index contributed by atoms with van der Waals surface area (Å²) in [5, 5.41) is 0. The average Bonchev–Trinajstić information content (AvgIpc) is 2.57. The van der Waals surface area contributed by atoms with Crippen molar-refractivity contribution < 1.29 is 4.39 Å². The molecule has 0 atom stereocenters. The van der Waals surface area contributed by atoms with E-state index in [1.807, 2.05) is 0 Å². The van der Waals surface area contributed by atoms with Crippen LogP contribution in [0, 0.1) is 0 Å². The minimum absolute atomic E-state index is 0.309. The molecule has 1 nitrogen and oxygen atoms in total. The van der Waals surface area contributed by atoms with Gasteiger partial charge >= 0.3 is 0 Å². The van der Waals surface area contributed by atoms with Gasteiger partial charge in [-0.05, 0) is 73.5 Å². The molecule has 3 fully saturated rings. The van der Waals surface area contributed by atoms with Crippen molar-refractivity contribution in [2.75, 3.05) is 6.54 Å². The van der Waals surface area contributed by atoms with Crippen molar-refractivity contribution in [1.82, 2.24) is 0 Å². The molecule has 3 aliphatic rings. The number of thiol groups is 1. The van der Waals surface area contributed by atoms with Gasteiger partial charge in [0.1, 0.15) is 0 Å². The molecule has 2 N–H and O–H groups in total. The lowest BCUT2D eigenvalue weighted by Crippen LogP contribution is -2.45. The maximum absolute atomic E-state index is 12.6. The van der Waals surface area contributed by atoms with Gasteiger partial charge in [-0.25, -0.2) is 4.39 Å². The number of hydrogen-bond donors (Lipinski definition) is 2. The molecule has 1 aromatic carbocycles. The Bertz CT molecular complexity index is 525. The van der Waals surface area contributed by atoms with Crippen LogP contribution in [-0.2, 0) is 11.8 Å². The van der Waals surface area contributed by atoms with E-state index in [0.29, 0.717) is 35.0 Å². The number of hydrogen-bond acceptors (Lipinski definition) is 2. The van der Waals surface area contributed by atoms with E-state index in [2.05, 4.69) is 24.3 Å². The first kappa shape index (κ1) is 16.1. The minimum atomic E-state index is 0.309. The van der Waals surface area contributed by atoms with Crippen molar-refractivity contribution in [2.45, 2.75) is 61.5 Å². The summed E-state index contributed by atoms with van der Waals surface area (Å²) in [6, 6.07) is 9.03. The number of aryl methyl sites for hydroxylation is 1. The Hall–Kier alpha value is -0.800. The third-order valence-electron chi connectivity index (χ3n) is 5.92. The predicted molar refractivity (Wildman–Crippen MR) is 94.1 cm³/mol. The van der Waals surface area contributed by atoms with Gasteiger partial charge in [0.25, 0.3) is 0 Å². The number of benzene rings is 1. The molecule has 2 bridgehead atoms. The van der Waals surface area contributed by atoms with E-state index in [0.717, 1.165) is 6.42 Å². The van der Waals surface area contributed by atoms with Gasteiger partial charge in [-0.15, -0.1) is 0 Å². The zero-order valence-electron chi connectivity index (χ0n) is 13.2. The molecule has 120 valence electrons. The van der Waals surface area contributed by atoms with Crippen LogP contribution in [0.4, 0.5) is 4.39 Å². The lowest BCUT2D eigenvalue weighted by molar-refractivity contribution is 0.160.